The summed E-state index contributed by atoms with van der Waals surface area (Å²) in [5.41, 5.74) is 3.22. The number of pyridine rings is 1. The molecule has 0 aliphatic carbocycles. The number of amides is 1. The summed E-state index contributed by atoms with van der Waals surface area (Å²) < 4.78 is 17.0. The van der Waals surface area contributed by atoms with E-state index in [1.54, 1.807) is 30.5 Å². The topological polar surface area (TPSA) is 106 Å². The van der Waals surface area contributed by atoms with Crippen molar-refractivity contribution in [2.75, 3.05) is 23.9 Å². The van der Waals surface area contributed by atoms with Crippen molar-refractivity contribution in [3.05, 3.63) is 132 Å². The fraction of sp³-hybridized carbons (Fsp3) is 0.118. The third-order valence-corrected chi connectivity index (χ3v) is 7.47. The van der Waals surface area contributed by atoms with E-state index in [0.717, 1.165) is 11.4 Å². The second-order valence-corrected chi connectivity index (χ2v) is 10.3. The summed E-state index contributed by atoms with van der Waals surface area (Å²) in [6.45, 7) is -0.111. The number of anilines is 2. The molecule has 5 aromatic rings. The number of carbonyl (C=O) groups is 2. The number of ether oxygens (including phenoxy) is 2. The minimum Gasteiger partial charge on any atom is -0.484 e. The van der Waals surface area contributed by atoms with E-state index < -0.39 is 12.0 Å². The van der Waals surface area contributed by atoms with Gasteiger partial charge >= 0.3 is 5.97 Å². The molecule has 220 valence electrons. The first kappa shape index (κ1) is 28.6. The highest BCUT2D eigenvalue weighted by Crippen LogP contribution is 2.43. The number of rotatable bonds is 9. The lowest BCUT2D eigenvalue weighted by atomic mass is 10.0. The molecule has 0 radical (unpaired) electrons. The first-order chi connectivity index (χ1) is 21.5. The van der Waals surface area contributed by atoms with Gasteiger partial charge in [0.2, 0.25) is 0 Å². The van der Waals surface area contributed by atoms with Crippen LogP contribution in [-0.4, -0.2) is 35.7 Å². The summed E-state index contributed by atoms with van der Waals surface area (Å²) in [4.78, 5) is 31.5. The molecule has 1 amide bonds. The summed E-state index contributed by atoms with van der Waals surface area (Å²) in [5, 5.41) is 6.76. The van der Waals surface area contributed by atoms with E-state index >= 15 is 0 Å². The second kappa shape index (κ2) is 12.8. The Morgan fingerprint density at radius 2 is 1.68 bits per heavy atom. The molecule has 1 aliphatic rings. The zero-order valence-corrected chi connectivity index (χ0v) is 24.5. The van der Waals surface area contributed by atoms with Crippen molar-refractivity contribution in [3.63, 3.8) is 0 Å². The second-order valence-electron chi connectivity index (χ2n) is 9.93. The molecular weight excluding hydrogens is 576 g/mol. The molecule has 1 aliphatic heterocycles. The van der Waals surface area contributed by atoms with Gasteiger partial charge in [0.1, 0.15) is 23.3 Å². The molecule has 2 atom stereocenters. The summed E-state index contributed by atoms with van der Waals surface area (Å²) in [7, 11) is 1.35. The fourth-order valence-corrected chi connectivity index (χ4v) is 5.48. The maximum absolute atomic E-state index is 12.5. The van der Waals surface area contributed by atoms with Gasteiger partial charge in [-0.2, -0.15) is 0 Å². The molecule has 2 unspecified atom stereocenters. The lowest BCUT2D eigenvalue weighted by Gasteiger charge is -2.26. The van der Waals surface area contributed by atoms with Gasteiger partial charge in [-0.15, -0.1) is 0 Å². The van der Waals surface area contributed by atoms with Crippen molar-refractivity contribution < 1.29 is 23.5 Å². The van der Waals surface area contributed by atoms with Gasteiger partial charge in [-0.25, -0.2) is 4.79 Å². The molecule has 2 aromatic heterocycles. The Bertz CT molecular complexity index is 1780. The average molecular weight is 605 g/mol. The largest absolute Gasteiger partial charge is 0.484 e. The molecule has 6 rings (SSSR count). The van der Waals surface area contributed by atoms with Crippen molar-refractivity contribution in [2.45, 2.75) is 12.1 Å². The number of aromatic nitrogens is 1. The quantitative estimate of drug-likeness (QED) is 0.148. The number of nitrogens with zero attached hydrogens (tertiary/aromatic N) is 2. The number of methoxy groups -OCH3 is 1. The van der Waals surface area contributed by atoms with Crippen molar-refractivity contribution in [3.8, 4) is 17.1 Å². The minimum atomic E-state index is -0.450. The van der Waals surface area contributed by atoms with Crippen LogP contribution in [0.25, 0.3) is 11.3 Å². The van der Waals surface area contributed by atoms with Gasteiger partial charge in [0, 0.05) is 23.1 Å². The van der Waals surface area contributed by atoms with Gasteiger partial charge in [-0.3, -0.25) is 9.78 Å². The molecule has 9 nitrogen and oxygen atoms in total. The standard InChI is InChI=1S/C34H28N4O5S/c1-41-33(40)26-12-6-5-11-25(26)28-18-19-29(43-28)32-31(27-13-7-8-20-35-27)37-34(44)38(32)23-16-14-22(15-17-23)36-30(39)21-42-24-9-3-2-4-10-24/h2-20,31-32H,21H2,1H3,(H,36,39)(H,37,44). The van der Waals surface area contributed by atoms with Crippen LogP contribution in [0.3, 0.4) is 0 Å². The molecule has 1 fully saturated rings. The van der Waals surface area contributed by atoms with Crippen molar-refractivity contribution in [1.82, 2.24) is 10.3 Å². The lowest BCUT2D eigenvalue weighted by molar-refractivity contribution is -0.118. The minimum absolute atomic E-state index is 0.111. The number of hydrogen-bond acceptors (Lipinski definition) is 7. The number of nitrogens with one attached hydrogen (secondary N) is 2. The number of thiocarbonyl (C=S) groups is 1. The zero-order chi connectivity index (χ0) is 30.5. The van der Waals surface area contributed by atoms with Gasteiger partial charge in [-0.05, 0) is 78.9 Å². The highest BCUT2D eigenvalue weighted by Gasteiger charge is 2.42. The van der Waals surface area contributed by atoms with Crippen LogP contribution < -0.4 is 20.3 Å². The Balaban J connectivity index is 1.28. The molecule has 44 heavy (non-hydrogen) atoms. The Labute approximate surface area is 259 Å². The molecule has 0 bridgehead atoms. The smallest absolute Gasteiger partial charge is 0.338 e. The fourth-order valence-electron chi connectivity index (χ4n) is 5.13. The van der Waals surface area contributed by atoms with Gasteiger partial charge in [0.05, 0.1) is 24.4 Å². The predicted molar refractivity (Wildman–Crippen MR) is 170 cm³/mol. The number of esters is 1. The molecule has 10 heteroatoms. The Hall–Kier alpha value is -5.48. The van der Waals surface area contributed by atoms with Crippen LogP contribution in [0.1, 0.15) is 33.9 Å². The van der Waals surface area contributed by atoms with E-state index in [4.69, 9.17) is 26.1 Å². The van der Waals surface area contributed by atoms with Crippen LogP contribution in [0.15, 0.2) is 120 Å². The number of para-hydroxylation sites is 1. The SMILES string of the molecule is COC(=O)c1ccccc1-c1ccc(C2C(c3ccccn3)NC(=S)N2c2ccc(NC(=O)COc3ccccc3)cc2)o1. The van der Waals surface area contributed by atoms with E-state index in [1.165, 1.54) is 7.11 Å². The Morgan fingerprint density at radius 3 is 2.43 bits per heavy atom. The van der Waals surface area contributed by atoms with Crippen molar-refractivity contribution in [1.29, 1.82) is 0 Å². The predicted octanol–water partition coefficient (Wildman–Crippen LogP) is 6.32. The van der Waals surface area contributed by atoms with Gasteiger partial charge in [0.15, 0.2) is 11.7 Å². The van der Waals surface area contributed by atoms with Crippen molar-refractivity contribution in [2.24, 2.45) is 0 Å². The highest BCUT2D eigenvalue weighted by atomic mass is 32.1. The summed E-state index contributed by atoms with van der Waals surface area (Å²) in [6, 6.07) is 32.4. The summed E-state index contributed by atoms with van der Waals surface area (Å²) >= 11 is 5.83. The van der Waals surface area contributed by atoms with Crippen LogP contribution in [0.2, 0.25) is 0 Å². The van der Waals surface area contributed by atoms with Crippen molar-refractivity contribution >= 4 is 40.6 Å². The third-order valence-electron chi connectivity index (χ3n) is 7.16. The number of benzene rings is 3. The number of hydrogen-bond donors (Lipinski definition) is 2. The van der Waals surface area contributed by atoms with Crippen LogP contribution in [0.5, 0.6) is 5.75 Å². The van der Waals surface area contributed by atoms with Crippen LogP contribution in [0.4, 0.5) is 11.4 Å². The molecule has 0 saturated carbocycles. The maximum atomic E-state index is 12.5. The molecule has 0 spiro atoms. The molecule has 3 heterocycles. The normalized spacial score (nSPS) is 15.8. The van der Waals surface area contributed by atoms with Crippen LogP contribution in [0, 0.1) is 0 Å². The van der Waals surface area contributed by atoms with E-state index in [-0.39, 0.29) is 18.6 Å². The average Bonchev–Trinajstić information content (AvgIpc) is 3.69. The number of furan rings is 1. The first-order valence-corrected chi connectivity index (χ1v) is 14.3. The first-order valence-electron chi connectivity index (χ1n) is 13.9. The van der Waals surface area contributed by atoms with E-state index in [2.05, 4.69) is 15.6 Å². The lowest BCUT2D eigenvalue weighted by Crippen LogP contribution is -2.29. The highest BCUT2D eigenvalue weighted by molar-refractivity contribution is 7.80. The van der Waals surface area contributed by atoms with Gasteiger partial charge in [-0.1, -0.05) is 42.5 Å². The van der Waals surface area contributed by atoms with E-state index in [9.17, 15) is 9.59 Å². The zero-order valence-electron chi connectivity index (χ0n) is 23.7. The van der Waals surface area contributed by atoms with E-state index in [0.29, 0.717) is 39.2 Å². The monoisotopic (exact) mass is 604 g/mol. The molecular formula is C34H28N4O5S. The Kier molecular flexibility index (Phi) is 8.33. The van der Waals surface area contributed by atoms with Crippen LogP contribution in [-0.2, 0) is 9.53 Å². The molecule has 1 saturated heterocycles. The summed E-state index contributed by atoms with van der Waals surface area (Å²) in [6.07, 6.45) is 1.74. The third kappa shape index (κ3) is 6.02. The molecule has 2 N–H and O–H groups in total. The Morgan fingerprint density at radius 1 is 0.932 bits per heavy atom. The summed E-state index contributed by atoms with van der Waals surface area (Å²) in [5.74, 6) is 1.04. The van der Waals surface area contributed by atoms with Crippen LogP contribution >= 0.6 is 12.2 Å². The van der Waals surface area contributed by atoms with E-state index in [1.807, 2.05) is 89.8 Å². The van der Waals surface area contributed by atoms with Gasteiger partial charge in [0.25, 0.3) is 5.91 Å². The molecule has 3 aromatic carbocycles. The van der Waals surface area contributed by atoms with Gasteiger partial charge < -0.3 is 29.4 Å². The number of carbonyl (C=O) groups excluding carboxylic acids is 2. The maximum Gasteiger partial charge on any atom is 0.338 e.